The second-order valence-electron chi connectivity index (χ2n) is 5.32. The zero-order valence-electron chi connectivity index (χ0n) is 12.0. The van der Waals surface area contributed by atoms with Gasteiger partial charge in [-0.2, -0.15) is 0 Å². The fourth-order valence-corrected chi connectivity index (χ4v) is 3.63. The van der Waals surface area contributed by atoms with Gasteiger partial charge in [0.25, 0.3) is 0 Å². The summed E-state index contributed by atoms with van der Waals surface area (Å²) in [6.45, 7) is 3.62. The van der Waals surface area contributed by atoms with Gasteiger partial charge in [0.05, 0.1) is 23.7 Å². The van der Waals surface area contributed by atoms with E-state index in [1.165, 1.54) is 0 Å². The number of carbonyl (C=O) groups is 1. The maximum atomic E-state index is 11.0. The molecule has 0 saturated carbocycles. The fourth-order valence-electron chi connectivity index (χ4n) is 2.90. The smallest absolute Gasteiger partial charge is 0.304 e. The van der Waals surface area contributed by atoms with Gasteiger partial charge in [-0.25, -0.2) is 4.98 Å². The number of anilines is 1. The van der Waals surface area contributed by atoms with E-state index in [1.54, 1.807) is 11.3 Å². The number of para-hydroxylation sites is 1. The average molecular weight is 302 g/mol. The van der Waals surface area contributed by atoms with Crippen molar-refractivity contribution in [1.82, 2.24) is 4.98 Å². The number of aromatic nitrogens is 1. The van der Waals surface area contributed by atoms with Crippen LogP contribution in [0.3, 0.4) is 0 Å². The Hall–Kier alpha value is -1.88. The van der Waals surface area contributed by atoms with E-state index in [0.717, 1.165) is 41.5 Å². The highest BCUT2D eigenvalue weighted by Gasteiger charge is 2.30. The van der Waals surface area contributed by atoms with Crippen LogP contribution in [-0.2, 0) is 17.8 Å². The molecule has 1 aliphatic rings. The molecule has 0 amide bonds. The lowest BCUT2D eigenvalue weighted by Crippen LogP contribution is -2.22. The molecule has 21 heavy (non-hydrogen) atoms. The van der Waals surface area contributed by atoms with Crippen LogP contribution in [0.5, 0.6) is 0 Å². The lowest BCUT2D eigenvalue weighted by atomic mass is 9.98. The quantitative estimate of drug-likeness (QED) is 0.921. The van der Waals surface area contributed by atoms with Gasteiger partial charge in [-0.1, -0.05) is 25.1 Å². The van der Waals surface area contributed by atoms with Crippen molar-refractivity contribution in [3.63, 3.8) is 0 Å². The van der Waals surface area contributed by atoms with Gasteiger partial charge < -0.3 is 10.0 Å². The first kappa shape index (κ1) is 14.1. The van der Waals surface area contributed by atoms with Gasteiger partial charge >= 0.3 is 5.97 Å². The third-order valence-corrected chi connectivity index (χ3v) is 4.88. The molecular weight excluding hydrogens is 284 g/mol. The highest BCUT2D eigenvalue weighted by atomic mass is 32.1. The molecule has 1 unspecified atom stereocenters. The molecule has 1 aromatic heterocycles. The summed E-state index contributed by atoms with van der Waals surface area (Å²) in [6.07, 6.45) is 1.15. The van der Waals surface area contributed by atoms with E-state index in [4.69, 9.17) is 5.11 Å². The van der Waals surface area contributed by atoms with Gasteiger partial charge in [-0.05, 0) is 18.1 Å². The summed E-state index contributed by atoms with van der Waals surface area (Å²) in [6, 6.07) is 8.11. The van der Waals surface area contributed by atoms with Gasteiger partial charge in [-0.3, -0.25) is 4.79 Å². The predicted molar refractivity (Wildman–Crippen MR) is 84.0 cm³/mol. The summed E-state index contributed by atoms with van der Waals surface area (Å²) in [5.41, 5.74) is 3.36. The number of aryl methyl sites for hydroxylation is 1. The van der Waals surface area contributed by atoms with E-state index >= 15 is 0 Å². The summed E-state index contributed by atoms with van der Waals surface area (Å²) in [4.78, 5) is 17.9. The number of hydrogen-bond acceptors (Lipinski definition) is 4. The van der Waals surface area contributed by atoms with Crippen molar-refractivity contribution in [2.24, 2.45) is 0 Å². The molecule has 1 aromatic carbocycles. The van der Waals surface area contributed by atoms with Crippen molar-refractivity contribution in [2.45, 2.75) is 32.2 Å². The van der Waals surface area contributed by atoms with E-state index in [9.17, 15) is 4.79 Å². The largest absolute Gasteiger partial charge is 0.481 e. The highest BCUT2D eigenvalue weighted by molar-refractivity contribution is 7.09. The Morgan fingerprint density at radius 1 is 1.48 bits per heavy atom. The van der Waals surface area contributed by atoms with Gasteiger partial charge in [0.1, 0.15) is 0 Å². The minimum atomic E-state index is -0.737. The Morgan fingerprint density at radius 3 is 3.00 bits per heavy atom. The van der Waals surface area contributed by atoms with E-state index in [1.807, 2.05) is 18.2 Å². The third-order valence-electron chi connectivity index (χ3n) is 3.83. The zero-order chi connectivity index (χ0) is 14.8. The standard InChI is InChI=1S/C16H18N2O2S/c1-2-15-17-12(10-21-15)9-18-8-11(7-16(19)20)13-5-3-4-6-14(13)18/h3-6,10-11H,2,7-9H2,1H3,(H,19,20). The number of rotatable bonds is 5. The van der Waals surface area contributed by atoms with Gasteiger partial charge in [-0.15, -0.1) is 11.3 Å². The molecule has 1 aliphatic heterocycles. The molecule has 0 bridgehead atoms. The van der Waals surface area contributed by atoms with Crippen molar-refractivity contribution >= 4 is 23.0 Å². The zero-order valence-corrected chi connectivity index (χ0v) is 12.8. The molecule has 0 fully saturated rings. The number of benzene rings is 1. The van der Waals surface area contributed by atoms with Crippen LogP contribution in [-0.4, -0.2) is 22.6 Å². The topological polar surface area (TPSA) is 53.4 Å². The van der Waals surface area contributed by atoms with E-state index in [2.05, 4.69) is 28.3 Å². The monoisotopic (exact) mass is 302 g/mol. The lowest BCUT2D eigenvalue weighted by Gasteiger charge is -2.18. The van der Waals surface area contributed by atoms with Crippen LogP contribution in [0.15, 0.2) is 29.6 Å². The first-order valence-corrected chi connectivity index (χ1v) is 8.04. The Balaban J connectivity index is 1.82. The van der Waals surface area contributed by atoms with Crippen LogP contribution in [0, 0.1) is 0 Å². The van der Waals surface area contributed by atoms with Crippen molar-refractivity contribution in [3.05, 3.63) is 45.9 Å². The second kappa shape index (κ2) is 5.85. The number of nitrogens with zero attached hydrogens (tertiary/aromatic N) is 2. The van der Waals surface area contributed by atoms with Crippen molar-refractivity contribution < 1.29 is 9.90 Å². The molecule has 0 radical (unpaired) electrons. The predicted octanol–water partition coefficient (Wildman–Crippen LogP) is 3.28. The first-order valence-electron chi connectivity index (χ1n) is 7.16. The van der Waals surface area contributed by atoms with Gasteiger partial charge in [0.2, 0.25) is 0 Å². The molecule has 4 nitrogen and oxygen atoms in total. The van der Waals surface area contributed by atoms with E-state index in [0.29, 0.717) is 0 Å². The fraction of sp³-hybridized carbons (Fsp3) is 0.375. The Labute approximate surface area is 128 Å². The molecule has 2 aromatic rings. The Bertz CT molecular complexity index is 653. The summed E-state index contributed by atoms with van der Waals surface area (Å²) >= 11 is 1.69. The minimum Gasteiger partial charge on any atom is -0.481 e. The molecule has 0 spiro atoms. The van der Waals surface area contributed by atoms with E-state index < -0.39 is 5.97 Å². The SMILES string of the molecule is CCc1nc(CN2CC(CC(=O)O)c3ccccc32)cs1. The molecule has 0 aliphatic carbocycles. The summed E-state index contributed by atoms with van der Waals surface area (Å²) < 4.78 is 0. The van der Waals surface area contributed by atoms with E-state index in [-0.39, 0.29) is 12.3 Å². The minimum absolute atomic E-state index is 0.0722. The summed E-state index contributed by atoms with van der Waals surface area (Å²) in [7, 11) is 0. The third kappa shape index (κ3) is 2.93. The van der Waals surface area contributed by atoms with Crippen LogP contribution in [0.1, 0.15) is 35.5 Å². The van der Waals surface area contributed by atoms with Gasteiger partial charge in [0.15, 0.2) is 0 Å². The molecule has 3 rings (SSSR count). The number of hydrogen-bond donors (Lipinski definition) is 1. The van der Waals surface area contributed by atoms with Gasteiger partial charge in [0, 0.05) is 23.5 Å². The van der Waals surface area contributed by atoms with Crippen molar-refractivity contribution in [2.75, 3.05) is 11.4 Å². The van der Waals surface area contributed by atoms with Crippen LogP contribution in [0.4, 0.5) is 5.69 Å². The van der Waals surface area contributed by atoms with Crippen molar-refractivity contribution in [1.29, 1.82) is 0 Å². The maximum Gasteiger partial charge on any atom is 0.304 e. The Morgan fingerprint density at radius 2 is 2.29 bits per heavy atom. The number of carboxylic acid groups (broad SMARTS) is 1. The summed E-state index contributed by atoms with van der Waals surface area (Å²) in [5, 5.41) is 12.3. The Kier molecular flexibility index (Phi) is 3.92. The summed E-state index contributed by atoms with van der Waals surface area (Å²) in [5.74, 6) is -0.665. The normalized spacial score (nSPS) is 17.0. The van der Waals surface area contributed by atoms with Crippen LogP contribution < -0.4 is 4.90 Å². The first-order chi connectivity index (χ1) is 10.2. The molecule has 0 saturated heterocycles. The number of carboxylic acids is 1. The highest BCUT2D eigenvalue weighted by Crippen LogP contribution is 2.38. The molecule has 2 heterocycles. The number of aliphatic carboxylic acids is 1. The number of thiazole rings is 1. The second-order valence-corrected chi connectivity index (χ2v) is 6.26. The van der Waals surface area contributed by atoms with Crippen LogP contribution in [0.2, 0.25) is 0 Å². The molecule has 1 atom stereocenters. The van der Waals surface area contributed by atoms with Crippen molar-refractivity contribution in [3.8, 4) is 0 Å². The molecule has 110 valence electrons. The van der Waals surface area contributed by atoms with Crippen LogP contribution in [0.25, 0.3) is 0 Å². The lowest BCUT2D eigenvalue weighted by molar-refractivity contribution is -0.137. The number of fused-ring (bicyclic) bond motifs is 1. The molecular formula is C16H18N2O2S. The van der Waals surface area contributed by atoms with Crippen LogP contribution >= 0.6 is 11.3 Å². The average Bonchev–Trinajstić information content (AvgIpc) is 3.05. The molecule has 1 N–H and O–H groups in total. The molecule has 5 heteroatoms. The maximum absolute atomic E-state index is 11.0.